The minimum atomic E-state index is -0.457. The Labute approximate surface area is 112 Å². The second-order valence-electron chi connectivity index (χ2n) is 4.84. The number of carbonyl (C=O) groups is 1. The number of esters is 1. The third-order valence-corrected chi connectivity index (χ3v) is 3.42. The number of nitrogens with zero attached hydrogens (tertiary/aromatic N) is 2. The highest BCUT2D eigenvalue weighted by molar-refractivity contribution is 5.92. The van der Waals surface area contributed by atoms with Crippen molar-refractivity contribution in [3.8, 4) is 0 Å². The molecular weight excluding hydrogens is 246 g/mol. The summed E-state index contributed by atoms with van der Waals surface area (Å²) < 4.78 is 12.4. The minimum Gasteiger partial charge on any atom is -0.461 e. The molecule has 0 saturated carbocycles. The second-order valence-corrected chi connectivity index (χ2v) is 4.84. The van der Waals surface area contributed by atoms with Gasteiger partial charge in [-0.3, -0.25) is 0 Å². The Bertz CT molecular complexity index is 470. The summed E-state index contributed by atoms with van der Waals surface area (Å²) >= 11 is 0. The Morgan fingerprint density at radius 1 is 1.63 bits per heavy atom. The van der Waals surface area contributed by atoms with Crippen LogP contribution in [0.3, 0.4) is 0 Å². The first-order valence-electron chi connectivity index (χ1n) is 6.67. The number of nitrogen functional groups attached to an aromatic ring is 1. The van der Waals surface area contributed by atoms with Crippen molar-refractivity contribution in [1.29, 1.82) is 0 Å². The van der Waals surface area contributed by atoms with Gasteiger partial charge in [-0.15, -0.1) is 0 Å². The zero-order valence-corrected chi connectivity index (χ0v) is 11.7. The van der Waals surface area contributed by atoms with Crippen LogP contribution in [0.5, 0.6) is 0 Å². The van der Waals surface area contributed by atoms with Gasteiger partial charge in [0, 0.05) is 12.6 Å². The standard InChI is InChI=1S/C13H21N3O3/c1-4-18-13(17)11-12(14)16(9(3)15-11)10-5-6-19-8(2)7-10/h8,10H,4-7,14H2,1-3H3. The highest BCUT2D eigenvalue weighted by Crippen LogP contribution is 2.30. The number of carbonyl (C=O) groups excluding carboxylic acids is 1. The first-order valence-corrected chi connectivity index (χ1v) is 6.67. The van der Waals surface area contributed by atoms with Gasteiger partial charge in [-0.25, -0.2) is 9.78 Å². The van der Waals surface area contributed by atoms with Crippen LogP contribution < -0.4 is 5.73 Å². The molecule has 0 aromatic carbocycles. The first-order chi connectivity index (χ1) is 9.04. The summed E-state index contributed by atoms with van der Waals surface area (Å²) in [6.07, 6.45) is 1.96. The van der Waals surface area contributed by atoms with Crippen LogP contribution in [-0.4, -0.2) is 34.8 Å². The summed E-state index contributed by atoms with van der Waals surface area (Å²) in [7, 11) is 0. The molecule has 1 fully saturated rings. The van der Waals surface area contributed by atoms with Crippen LogP contribution in [0.1, 0.15) is 49.0 Å². The number of rotatable bonds is 3. The lowest BCUT2D eigenvalue weighted by molar-refractivity contribution is 0.00599. The largest absolute Gasteiger partial charge is 0.461 e. The molecular formula is C13H21N3O3. The van der Waals surface area contributed by atoms with Crippen molar-refractivity contribution in [3.05, 3.63) is 11.5 Å². The van der Waals surface area contributed by atoms with E-state index in [-0.39, 0.29) is 17.8 Å². The Morgan fingerprint density at radius 3 is 3.00 bits per heavy atom. The summed E-state index contributed by atoms with van der Waals surface area (Å²) in [5, 5.41) is 0. The van der Waals surface area contributed by atoms with Gasteiger partial charge in [0.15, 0.2) is 5.69 Å². The van der Waals surface area contributed by atoms with Gasteiger partial charge in [0.1, 0.15) is 11.6 Å². The van der Waals surface area contributed by atoms with E-state index in [1.807, 2.05) is 18.4 Å². The Morgan fingerprint density at radius 2 is 2.37 bits per heavy atom. The predicted octanol–water partition coefficient (Wildman–Crippen LogP) is 1.69. The SMILES string of the molecule is CCOC(=O)c1nc(C)n(C2CCOC(C)C2)c1N. The molecule has 2 atom stereocenters. The number of anilines is 1. The molecule has 2 rings (SSSR count). The molecule has 0 bridgehead atoms. The first kappa shape index (κ1) is 13.9. The number of ether oxygens (including phenoxy) is 2. The molecule has 1 aliphatic rings. The van der Waals surface area contributed by atoms with E-state index in [4.69, 9.17) is 15.2 Å². The fourth-order valence-corrected chi connectivity index (χ4v) is 2.58. The van der Waals surface area contributed by atoms with Gasteiger partial charge in [-0.2, -0.15) is 0 Å². The molecule has 106 valence electrons. The lowest BCUT2D eigenvalue weighted by Crippen LogP contribution is -2.27. The zero-order valence-electron chi connectivity index (χ0n) is 11.7. The molecule has 1 aromatic heterocycles. The van der Waals surface area contributed by atoms with Gasteiger partial charge < -0.3 is 19.8 Å². The minimum absolute atomic E-state index is 0.200. The van der Waals surface area contributed by atoms with E-state index in [1.54, 1.807) is 6.92 Å². The molecule has 0 aliphatic carbocycles. The van der Waals surface area contributed by atoms with Crippen molar-refractivity contribution in [2.45, 2.75) is 45.8 Å². The fourth-order valence-electron chi connectivity index (χ4n) is 2.58. The molecule has 6 nitrogen and oxygen atoms in total. The predicted molar refractivity (Wildman–Crippen MR) is 71.0 cm³/mol. The van der Waals surface area contributed by atoms with Crippen LogP contribution in [0.2, 0.25) is 0 Å². The van der Waals surface area contributed by atoms with Crippen molar-refractivity contribution in [2.75, 3.05) is 18.9 Å². The molecule has 1 saturated heterocycles. The Balaban J connectivity index is 2.28. The third-order valence-electron chi connectivity index (χ3n) is 3.42. The molecule has 1 aromatic rings. The normalized spacial score (nSPS) is 23.3. The quantitative estimate of drug-likeness (QED) is 0.843. The van der Waals surface area contributed by atoms with Crippen LogP contribution in [0.4, 0.5) is 5.82 Å². The Hall–Kier alpha value is -1.56. The number of hydrogen-bond donors (Lipinski definition) is 1. The molecule has 1 aliphatic heterocycles. The molecule has 2 heterocycles. The van der Waals surface area contributed by atoms with Gasteiger partial charge in [0.2, 0.25) is 0 Å². The van der Waals surface area contributed by atoms with Crippen LogP contribution in [0.15, 0.2) is 0 Å². The van der Waals surface area contributed by atoms with Crippen molar-refractivity contribution in [2.24, 2.45) is 0 Å². The van der Waals surface area contributed by atoms with E-state index in [1.165, 1.54) is 0 Å². The molecule has 0 amide bonds. The van der Waals surface area contributed by atoms with Crippen molar-refractivity contribution in [3.63, 3.8) is 0 Å². The molecule has 19 heavy (non-hydrogen) atoms. The highest BCUT2D eigenvalue weighted by Gasteiger charge is 2.27. The van der Waals surface area contributed by atoms with Gasteiger partial charge >= 0.3 is 5.97 Å². The van der Waals surface area contributed by atoms with Crippen molar-refractivity contribution in [1.82, 2.24) is 9.55 Å². The summed E-state index contributed by atoms with van der Waals surface area (Å²) in [5.74, 6) is 0.691. The van der Waals surface area contributed by atoms with E-state index in [0.29, 0.717) is 19.0 Å². The number of aromatic nitrogens is 2. The number of aryl methyl sites for hydroxylation is 1. The van der Waals surface area contributed by atoms with Gasteiger partial charge in [-0.1, -0.05) is 0 Å². The molecule has 6 heteroatoms. The maximum Gasteiger partial charge on any atom is 0.360 e. The smallest absolute Gasteiger partial charge is 0.360 e. The van der Waals surface area contributed by atoms with E-state index in [2.05, 4.69) is 4.98 Å². The van der Waals surface area contributed by atoms with E-state index in [0.717, 1.165) is 18.7 Å². The zero-order chi connectivity index (χ0) is 14.0. The topological polar surface area (TPSA) is 79.4 Å². The molecule has 2 N–H and O–H groups in total. The monoisotopic (exact) mass is 267 g/mol. The van der Waals surface area contributed by atoms with Crippen molar-refractivity contribution < 1.29 is 14.3 Å². The summed E-state index contributed by atoms with van der Waals surface area (Å²) in [4.78, 5) is 16.0. The molecule has 2 unspecified atom stereocenters. The lowest BCUT2D eigenvalue weighted by atomic mass is 10.0. The van der Waals surface area contributed by atoms with Crippen LogP contribution >= 0.6 is 0 Å². The average molecular weight is 267 g/mol. The summed E-state index contributed by atoms with van der Waals surface area (Å²) in [6.45, 7) is 6.69. The fraction of sp³-hybridized carbons (Fsp3) is 0.692. The lowest BCUT2D eigenvalue weighted by Gasteiger charge is -2.29. The van der Waals surface area contributed by atoms with Gasteiger partial charge in [-0.05, 0) is 33.6 Å². The van der Waals surface area contributed by atoms with Crippen LogP contribution in [0, 0.1) is 6.92 Å². The number of nitrogens with two attached hydrogens (primary N) is 1. The molecule has 0 radical (unpaired) electrons. The second kappa shape index (κ2) is 5.61. The van der Waals surface area contributed by atoms with Gasteiger partial charge in [0.05, 0.1) is 12.7 Å². The Kier molecular flexibility index (Phi) is 4.09. The highest BCUT2D eigenvalue weighted by atomic mass is 16.5. The van der Waals surface area contributed by atoms with E-state index in [9.17, 15) is 4.79 Å². The number of imidazole rings is 1. The van der Waals surface area contributed by atoms with E-state index >= 15 is 0 Å². The van der Waals surface area contributed by atoms with Crippen LogP contribution in [0.25, 0.3) is 0 Å². The number of hydrogen-bond acceptors (Lipinski definition) is 5. The summed E-state index contributed by atoms with van der Waals surface area (Å²) in [5.41, 5.74) is 6.29. The average Bonchev–Trinajstić information content (AvgIpc) is 2.65. The maximum atomic E-state index is 11.8. The van der Waals surface area contributed by atoms with Crippen LogP contribution in [-0.2, 0) is 9.47 Å². The third kappa shape index (κ3) is 2.73. The maximum absolute atomic E-state index is 11.8. The van der Waals surface area contributed by atoms with E-state index < -0.39 is 5.97 Å². The van der Waals surface area contributed by atoms with Gasteiger partial charge in [0.25, 0.3) is 0 Å². The summed E-state index contributed by atoms with van der Waals surface area (Å²) in [6, 6.07) is 0.236. The molecule has 0 spiro atoms. The van der Waals surface area contributed by atoms with Crippen molar-refractivity contribution >= 4 is 11.8 Å².